The predicted octanol–water partition coefficient (Wildman–Crippen LogP) is 11.6. The van der Waals surface area contributed by atoms with Gasteiger partial charge in [-0.3, -0.25) is 0 Å². The van der Waals surface area contributed by atoms with E-state index in [2.05, 4.69) is 153 Å². The highest BCUT2D eigenvalue weighted by Gasteiger charge is 2.43. The zero-order chi connectivity index (χ0) is 28.4. The van der Waals surface area contributed by atoms with E-state index < -0.39 is 0 Å². The van der Waals surface area contributed by atoms with Gasteiger partial charge in [0.05, 0.1) is 0 Å². The van der Waals surface area contributed by atoms with Gasteiger partial charge in [0.1, 0.15) is 0 Å². The predicted molar refractivity (Wildman–Crippen MR) is 180 cm³/mol. The summed E-state index contributed by atoms with van der Waals surface area (Å²) in [5.74, 6) is 0.518. The van der Waals surface area contributed by atoms with E-state index in [1.807, 2.05) is 11.3 Å². The topological polar surface area (TPSA) is 3.24 Å². The van der Waals surface area contributed by atoms with E-state index >= 15 is 0 Å². The molecule has 1 atom stereocenters. The number of rotatable bonds is 4. The lowest BCUT2D eigenvalue weighted by molar-refractivity contribution is 0.577. The minimum Gasteiger partial charge on any atom is -0.310 e. The van der Waals surface area contributed by atoms with Crippen LogP contribution >= 0.6 is 11.3 Å². The first kappa shape index (κ1) is 25.3. The van der Waals surface area contributed by atoms with Crippen molar-refractivity contribution in [1.82, 2.24) is 0 Å². The molecule has 0 radical (unpaired) electrons. The molecule has 0 N–H and O–H groups in total. The first-order valence-corrected chi connectivity index (χ1v) is 15.7. The van der Waals surface area contributed by atoms with Crippen molar-refractivity contribution >= 4 is 44.1 Å². The van der Waals surface area contributed by atoms with Crippen LogP contribution in [0.5, 0.6) is 0 Å². The van der Waals surface area contributed by atoms with Gasteiger partial charge in [-0.05, 0) is 93.6 Å². The maximum atomic E-state index is 2.47. The van der Waals surface area contributed by atoms with Crippen molar-refractivity contribution in [2.24, 2.45) is 0 Å². The third-order valence-electron chi connectivity index (χ3n) is 9.35. The van der Waals surface area contributed by atoms with Gasteiger partial charge in [-0.1, -0.05) is 111 Å². The molecule has 1 nitrogen and oxygen atoms in total. The monoisotopic (exact) mass is 559 g/mol. The molecule has 0 bridgehead atoms. The molecular weight excluding hydrogens is 527 g/mol. The van der Waals surface area contributed by atoms with Crippen molar-refractivity contribution in [2.45, 2.75) is 38.5 Å². The van der Waals surface area contributed by atoms with Gasteiger partial charge >= 0.3 is 0 Å². The lowest BCUT2D eigenvalue weighted by Crippen LogP contribution is -2.20. The Morgan fingerprint density at radius 3 is 2.14 bits per heavy atom. The third-order valence-corrected chi connectivity index (χ3v) is 10.6. The summed E-state index contributed by atoms with van der Waals surface area (Å²) in [4.78, 5) is 3.90. The fourth-order valence-corrected chi connectivity index (χ4v) is 8.70. The van der Waals surface area contributed by atoms with Crippen LogP contribution in [0.3, 0.4) is 0 Å². The van der Waals surface area contributed by atoms with Crippen molar-refractivity contribution in [2.75, 3.05) is 4.90 Å². The summed E-state index contributed by atoms with van der Waals surface area (Å²) in [5.41, 5.74) is 13.4. The van der Waals surface area contributed by atoms with Crippen LogP contribution in [0.2, 0.25) is 0 Å². The zero-order valence-corrected chi connectivity index (χ0v) is 25.1. The van der Waals surface area contributed by atoms with Crippen LogP contribution in [0.25, 0.3) is 26.8 Å². The molecule has 0 aliphatic heterocycles. The Morgan fingerprint density at radius 1 is 0.667 bits per heavy atom. The van der Waals surface area contributed by atoms with Crippen LogP contribution in [-0.2, 0) is 5.41 Å². The molecule has 0 amide bonds. The summed E-state index contributed by atoms with van der Waals surface area (Å²) in [6.07, 6.45) is 1.11. The smallest absolute Gasteiger partial charge is 0.0467 e. The molecule has 1 unspecified atom stereocenters. The van der Waals surface area contributed by atoms with Crippen LogP contribution in [0, 0.1) is 0 Å². The summed E-state index contributed by atoms with van der Waals surface area (Å²) in [5, 5.41) is 1.44. The van der Waals surface area contributed by atoms with Crippen molar-refractivity contribution in [3.05, 3.63) is 155 Å². The van der Waals surface area contributed by atoms with Crippen LogP contribution in [0.15, 0.2) is 133 Å². The third kappa shape index (κ3) is 3.82. The van der Waals surface area contributed by atoms with E-state index in [9.17, 15) is 0 Å². The van der Waals surface area contributed by atoms with E-state index in [0.29, 0.717) is 5.92 Å². The normalized spacial score (nSPS) is 16.7. The zero-order valence-electron chi connectivity index (χ0n) is 24.3. The Bertz CT molecular complexity index is 1990. The van der Waals surface area contributed by atoms with Crippen molar-refractivity contribution in [3.8, 4) is 11.1 Å². The standard InChI is InChI=1S/C40H33NS/c1-26-23-35-38(39-37(26)33-19-10-11-20-36(33)42-39)32-22-21-31(25-34(32)40(35,2)3)41(29-16-8-5-9-17-29)30-18-12-15-28(24-30)27-13-6-4-7-14-27/h4-22,24-26H,23H2,1-3H3. The van der Waals surface area contributed by atoms with Crippen LogP contribution in [-0.4, -0.2) is 0 Å². The molecule has 204 valence electrons. The average Bonchev–Trinajstić information content (AvgIpc) is 3.52. The Kier molecular flexibility index (Phi) is 5.77. The highest BCUT2D eigenvalue weighted by molar-refractivity contribution is 7.20. The Hall–Kier alpha value is -4.40. The molecule has 8 rings (SSSR count). The number of hydrogen-bond acceptors (Lipinski definition) is 2. The Labute approximate surface area is 252 Å². The molecule has 2 aliphatic rings. The van der Waals surface area contributed by atoms with Gasteiger partial charge in [0, 0.05) is 32.1 Å². The lowest BCUT2D eigenvalue weighted by Gasteiger charge is -2.31. The molecule has 0 saturated carbocycles. The van der Waals surface area contributed by atoms with Gasteiger partial charge in [-0.15, -0.1) is 11.3 Å². The van der Waals surface area contributed by atoms with Crippen LogP contribution in [0.4, 0.5) is 17.1 Å². The highest BCUT2D eigenvalue weighted by Crippen LogP contribution is 2.59. The van der Waals surface area contributed by atoms with Crippen molar-refractivity contribution in [1.29, 1.82) is 0 Å². The number of nitrogens with zero attached hydrogens (tertiary/aromatic N) is 1. The lowest BCUT2D eigenvalue weighted by atomic mass is 9.74. The maximum Gasteiger partial charge on any atom is 0.0467 e. The molecule has 1 aromatic heterocycles. The molecule has 0 spiro atoms. The molecular formula is C40H33NS. The number of thiophene rings is 1. The summed E-state index contributed by atoms with van der Waals surface area (Å²) >= 11 is 1.98. The first-order chi connectivity index (χ1) is 20.5. The Balaban J connectivity index is 1.29. The SMILES string of the molecule is CC1CC2=C(c3ccc(N(c4ccccc4)c4cccc(-c5ccccc5)c4)cc3C2(C)C)c2sc3ccccc3c21. The van der Waals surface area contributed by atoms with E-state index in [1.54, 1.807) is 11.1 Å². The number of para-hydroxylation sites is 1. The molecule has 2 heteroatoms. The number of hydrogen-bond donors (Lipinski definition) is 0. The minimum atomic E-state index is -0.0307. The fourth-order valence-electron chi connectivity index (χ4n) is 7.29. The van der Waals surface area contributed by atoms with Gasteiger partial charge in [0.2, 0.25) is 0 Å². The number of allylic oxidation sites excluding steroid dienone is 1. The second-order valence-electron chi connectivity index (χ2n) is 12.2. The van der Waals surface area contributed by atoms with Crippen LogP contribution in [0.1, 0.15) is 54.7 Å². The fraction of sp³-hybridized carbons (Fsp3) is 0.150. The molecule has 42 heavy (non-hydrogen) atoms. The number of anilines is 3. The van der Waals surface area contributed by atoms with Gasteiger partial charge in [0.25, 0.3) is 0 Å². The number of benzene rings is 5. The highest BCUT2D eigenvalue weighted by atomic mass is 32.1. The van der Waals surface area contributed by atoms with Gasteiger partial charge in [0.15, 0.2) is 0 Å². The Morgan fingerprint density at radius 2 is 1.33 bits per heavy atom. The van der Waals surface area contributed by atoms with Crippen molar-refractivity contribution in [3.63, 3.8) is 0 Å². The van der Waals surface area contributed by atoms with Crippen LogP contribution < -0.4 is 4.90 Å². The average molecular weight is 560 g/mol. The quantitative estimate of drug-likeness (QED) is 0.208. The largest absolute Gasteiger partial charge is 0.310 e. The second-order valence-corrected chi connectivity index (χ2v) is 13.3. The molecule has 2 aliphatic carbocycles. The van der Waals surface area contributed by atoms with E-state index in [4.69, 9.17) is 0 Å². The molecule has 1 heterocycles. The van der Waals surface area contributed by atoms with E-state index in [0.717, 1.165) is 17.8 Å². The molecule has 0 saturated heterocycles. The molecule has 5 aromatic carbocycles. The number of fused-ring (bicyclic) bond motifs is 6. The van der Waals surface area contributed by atoms with Crippen molar-refractivity contribution < 1.29 is 0 Å². The molecule has 0 fully saturated rings. The minimum absolute atomic E-state index is 0.0307. The first-order valence-electron chi connectivity index (χ1n) is 14.9. The molecule has 6 aromatic rings. The van der Waals surface area contributed by atoms with Gasteiger partial charge in [-0.2, -0.15) is 0 Å². The summed E-state index contributed by atoms with van der Waals surface area (Å²) < 4.78 is 1.40. The van der Waals surface area contributed by atoms with Gasteiger partial charge in [-0.25, -0.2) is 0 Å². The summed E-state index contributed by atoms with van der Waals surface area (Å²) in [7, 11) is 0. The second kappa shape index (κ2) is 9.58. The van der Waals surface area contributed by atoms with E-state index in [1.165, 1.54) is 48.5 Å². The maximum absolute atomic E-state index is 2.47. The summed E-state index contributed by atoms with van der Waals surface area (Å²) in [6.45, 7) is 7.29. The van der Waals surface area contributed by atoms with E-state index in [-0.39, 0.29) is 5.41 Å². The van der Waals surface area contributed by atoms with Gasteiger partial charge < -0.3 is 4.90 Å². The summed E-state index contributed by atoms with van der Waals surface area (Å²) in [6, 6.07) is 46.5.